The molecular formula is C12H21N3S2. The predicted molar refractivity (Wildman–Crippen MR) is 78.2 cm³/mol. The molecule has 0 unspecified atom stereocenters. The molecule has 1 aromatic heterocycles. The molecular weight excluding hydrogens is 250 g/mol. The molecule has 0 aromatic carbocycles. The van der Waals surface area contributed by atoms with E-state index in [9.17, 15) is 0 Å². The van der Waals surface area contributed by atoms with Crippen molar-refractivity contribution in [1.29, 1.82) is 0 Å². The molecule has 17 heavy (non-hydrogen) atoms. The molecule has 1 fully saturated rings. The number of hydrogen-bond acceptors (Lipinski definition) is 5. The zero-order valence-electron chi connectivity index (χ0n) is 10.8. The second kappa shape index (κ2) is 5.06. The summed E-state index contributed by atoms with van der Waals surface area (Å²) in [6.07, 6.45) is 5.90. The van der Waals surface area contributed by atoms with E-state index >= 15 is 0 Å². The Kier molecular flexibility index (Phi) is 3.88. The molecule has 2 rings (SSSR count). The van der Waals surface area contributed by atoms with Gasteiger partial charge in [0.1, 0.15) is 5.00 Å². The standard InChI is InChI=1S/C12H21N3S2/c1-12(2)5-4-7-15(8-6-12)11-9(16-3)10(13)14-17-11/h4-8H2,1-3H3,(H2,13,14). The number of nitrogen functional groups attached to an aromatic ring is 1. The summed E-state index contributed by atoms with van der Waals surface area (Å²) in [5.74, 6) is 0.695. The molecule has 0 saturated carbocycles. The summed E-state index contributed by atoms with van der Waals surface area (Å²) >= 11 is 3.26. The number of rotatable bonds is 2. The summed E-state index contributed by atoms with van der Waals surface area (Å²) in [7, 11) is 0. The molecule has 96 valence electrons. The number of nitrogens with two attached hydrogens (primary N) is 1. The second-order valence-corrected chi connectivity index (χ2v) is 6.98. The molecule has 0 atom stereocenters. The fourth-order valence-electron chi connectivity index (χ4n) is 2.30. The third-order valence-corrected chi connectivity index (χ3v) is 5.35. The van der Waals surface area contributed by atoms with Crippen molar-refractivity contribution in [3.05, 3.63) is 0 Å². The molecule has 2 N–H and O–H groups in total. The number of aromatic nitrogens is 1. The van der Waals surface area contributed by atoms with Gasteiger partial charge >= 0.3 is 0 Å². The molecule has 2 heterocycles. The number of nitrogens with zero attached hydrogens (tertiary/aromatic N) is 2. The topological polar surface area (TPSA) is 42.1 Å². The molecule has 1 saturated heterocycles. The zero-order valence-corrected chi connectivity index (χ0v) is 12.5. The van der Waals surface area contributed by atoms with E-state index in [1.165, 1.54) is 24.3 Å². The fourth-order valence-corrected chi connectivity index (χ4v) is 4.04. The van der Waals surface area contributed by atoms with Crippen LogP contribution in [-0.4, -0.2) is 23.7 Å². The summed E-state index contributed by atoms with van der Waals surface area (Å²) < 4.78 is 4.29. The van der Waals surface area contributed by atoms with Crippen molar-refractivity contribution in [2.75, 3.05) is 30.0 Å². The van der Waals surface area contributed by atoms with Gasteiger partial charge in [-0.2, -0.15) is 4.37 Å². The minimum Gasteiger partial charge on any atom is -0.382 e. The first-order chi connectivity index (χ1) is 8.03. The lowest BCUT2D eigenvalue weighted by Gasteiger charge is -2.24. The molecule has 3 nitrogen and oxygen atoms in total. The summed E-state index contributed by atoms with van der Waals surface area (Å²) in [6.45, 7) is 7.00. The number of hydrogen-bond donors (Lipinski definition) is 1. The van der Waals surface area contributed by atoms with Gasteiger partial charge in [0.25, 0.3) is 0 Å². The first kappa shape index (κ1) is 13.0. The van der Waals surface area contributed by atoms with Crippen LogP contribution in [0.25, 0.3) is 0 Å². The fraction of sp³-hybridized carbons (Fsp3) is 0.750. The molecule has 5 heteroatoms. The third kappa shape index (κ3) is 2.88. The van der Waals surface area contributed by atoms with Crippen LogP contribution in [-0.2, 0) is 0 Å². The minimum atomic E-state index is 0.477. The maximum Gasteiger partial charge on any atom is 0.153 e. The van der Waals surface area contributed by atoms with Crippen molar-refractivity contribution >= 4 is 34.1 Å². The van der Waals surface area contributed by atoms with Crippen LogP contribution in [0.4, 0.5) is 10.8 Å². The van der Waals surface area contributed by atoms with Gasteiger partial charge in [-0.25, -0.2) is 0 Å². The molecule has 0 aliphatic carbocycles. The maximum absolute atomic E-state index is 5.90. The Bertz CT molecular complexity index is 387. The highest BCUT2D eigenvalue weighted by atomic mass is 32.2. The van der Waals surface area contributed by atoms with Crippen LogP contribution in [0.3, 0.4) is 0 Å². The first-order valence-corrected chi connectivity index (χ1v) is 8.07. The highest BCUT2D eigenvalue weighted by Gasteiger charge is 2.25. The monoisotopic (exact) mass is 271 g/mol. The van der Waals surface area contributed by atoms with Crippen LogP contribution in [0.1, 0.15) is 33.1 Å². The van der Waals surface area contributed by atoms with Crippen molar-refractivity contribution in [2.24, 2.45) is 5.41 Å². The Hall–Kier alpha value is -0.420. The second-order valence-electron chi connectivity index (χ2n) is 5.41. The minimum absolute atomic E-state index is 0.477. The van der Waals surface area contributed by atoms with Crippen LogP contribution in [0.2, 0.25) is 0 Å². The van der Waals surface area contributed by atoms with E-state index in [4.69, 9.17) is 5.73 Å². The van der Waals surface area contributed by atoms with E-state index in [0.717, 1.165) is 18.0 Å². The first-order valence-electron chi connectivity index (χ1n) is 6.07. The van der Waals surface area contributed by atoms with Crippen molar-refractivity contribution in [3.8, 4) is 0 Å². The van der Waals surface area contributed by atoms with Gasteiger partial charge in [-0.05, 0) is 42.5 Å². The Morgan fingerprint density at radius 1 is 1.35 bits per heavy atom. The Morgan fingerprint density at radius 2 is 2.12 bits per heavy atom. The zero-order chi connectivity index (χ0) is 12.5. The van der Waals surface area contributed by atoms with Gasteiger partial charge in [0.2, 0.25) is 0 Å². The van der Waals surface area contributed by atoms with E-state index in [1.807, 2.05) is 0 Å². The van der Waals surface area contributed by atoms with E-state index in [2.05, 4.69) is 29.4 Å². The molecule has 1 aliphatic rings. The van der Waals surface area contributed by atoms with Crippen LogP contribution >= 0.6 is 23.3 Å². The van der Waals surface area contributed by atoms with Crippen molar-refractivity contribution in [2.45, 2.75) is 38.0 Å². The van der Waals surface area contributed by atoms with Gasteiger partial charge in [-0.15, -0.1) is 11.8 Å². The SMILES string of the molecule is CSc1c(N)nsc1N1CCCC(C)(C)CC1. The van der Waals surface area contributed by atoms with Crippen LogP contribution in [0.5, 0.6) is 0 Å². The molecule has 0 radical (unpaired) electrons. The summed E-state index contributed by atoms with van der Waals surface area (Å²) in [5, 5.41) is 1.27. The van der Waals surface area contributed by atoms with Crippen molar-refractivity contribution in [1.82, 2.24) is 4.37 Å². The number of thioether (sulfide) groups is 1. The summed E-state index contributed by atoms with van der Waals surface area (Å²) in [6, 6.07) is 0. The van der Waals surface area contributed by atoms with Crippen LogP contribution < -0.4 is 10.6 Å². The Labute approximate surface area is 112 Å². The quantitative estimate of drug-likeness (QED) is 0.836. The van der Waals surface area contributed by atoms with Gasteiger partial charge in [0, 0.05) is 13.1 Å². The molecule has 0 bridgehead atoms. The van der Waals surface area contributed by atoms with E-state index in [1.54, 1.807) is 23.3 Å². The van der Waals surface area contributed by atoms with E-state index in [0.29, 0.717) is 11.2 Å². The highest BCUT2D eigenvalue weighted by Crippen LogP contribution is 2.40. The van der Waals surface area contributed by atoms with Gasteiger partial charge in [-0.3, -0.25) is 0 Å². The number of anilines is 2. The Balaban J connectivity index is 2.17. The molecule has 1 aromatic rings. The predicted octanol–water partition coefficient (Wildman–Crippen LogP) is 3.46. The Morgan fingerprint density at radius 3 is 2.82 bits per heavy atom. The third-order valence-electron chi connectivity index (χ3n) is 3.49. The van der Waals surface area contributed by atoms with E-state index < -0.39 is 0 Å². The molecule has 0 amide bonds. The van der Waals surface area contributed by atoms with Crippen molar-refractivity contribution in [3.63, 3.8) is 0 Å². The lowest BCUT2D eigenvalue weighted by atomic mass is 9.85. The van der Waals surface area contributed by atoms with E-state index in [-0.39, 0.29) is 0 Å². The largest absolute Gasteiger partial charge is 0.382 e. The van der Waals surface area contributed by atoms with Crippen molar-refractivity contribution < 1.29 is 0 Å². The van der Waals surface area contributed by atoms with Gasteiger partial charge in [0.15, 0.2) is 5.82 Å². The summed E-state index contributed by atoms with van der Waals surface area (Å²) in [5.41, 5.74) is 6.38. The molecule has 0 spiro atoms. The average molecular weight is 271 g/mol. The highest BCUT2D eigenvalue weighted by molar-refractivity contribution is 7.99. The maximum atomic E-state index is 5.90. The average Bonchev–Trinajstić information content (AvgIpc) is 2.54. The van der Waals surface area contributed by atoms with Gasteiger partial charge in [-0.1, -0.05) is 13.8 Å². The van der Waals surface area contributed by atoms with Crippen LogP contribution in [0.15, 0.2) is 4.90 Å². The lowest BCUT2D eigenvalue weighted by Crippen LogP contribution is -2.24. The lowest BCUT2D eigenvalue weighted by molar-refractivity contribution is 0.325. The van der Waals surface area contributed by atoms with Gasteiger partial charge in [0.05, 0.1) is 4.90 Å². The smallest absolute Gasteiger partial charge is 0.153 e. The van der Waals surface area contributed by atoms with Gasteiger partial charge < -0.3 is 10.6 Å². The molecule has 1 aliphatic heterocycles. The normalized spacial score (nSPS) is 20.3. The van der Waals surface area contributed by atoms with Crippen LogP contribution in [0, 0.1) is 5.41 Å². The summed E-state index contributed by atoms with van der Waals surface area (Å²) in [4.78, 5) is 3.63.